The molecule has 1 rings (SSSR count). The summed E-state index contributed by atoms with van der Waals surface area (Å²) in [4.78, 5) is 12.3. The number of likely N-dealkylation sites (N-methyl/N-ethyl adjacent to an activating group) is 1. The maximum Gasteiger partial charge on any atom is 0.416 e. The summed E-state index contributed by atoms with van der Waals surface area (Å²) in [6, 6.07) is 3.70. The molecule has 0 saturated carbocycles. The van der Waals surface area contributed by atoms with Gasteiger partial charge in [-0.05, 0) is 32.5 Å². The Hall–Kier alpha value is -1.56. The molecule has 2 unspecified atom stereocenters. The fourth-order valence-corrected chi connectivity index (χ4v) is 1.85. The molecule has 2 atom stereocenters. The molecular formula is C13H16F3NO2. The zero-order valence-electron chi connectivity index (χ0n) is 10.9. The number of hydrogen-bond donors (Lipinski definition) is 1. The Morgan fingerprint density at radius 2 is 1.79 bits per heavy atom. The number of nitrogens with zero attached hydrogens (tertiary/aromatic N) is 1. The van der Waals surface area contributed by atoms with Crippen LogP contribution in [-0.4, -0.2) is 29.1 Å². The lowest BCUT2D eigenvalue weighted by atomic mass is 9.99. The van der Waals surface area contributed by atoms with Crippen molar-refractivity contribution in [2.45, 2.75) is 32.1 Å². The second-order valence-corrected chi connectivity index (χ2v) is 4.44. The van der Waals surface area contributed by atoms with Crippen LogP contribution in [0.15, 0.2) is 24.3 Å². The SMILES string of the molecule is CC(C(=O)O)N(C)C(C)c1ccccc1C(F)(F)F. The predicted octanol–water partition coefficient (Wildman–Crippen LogP) is 3.17. The van der Waals surface area contributed by atoms with Gasteiger partial charge in [-0.3, -0.25) is 9.69 Å². The molecule has 0 saturated heterocycles. The molecule has 0 aliphatic heterocycles. The van der Waals surface area contributed by atoms with Crippen LogP contribution in [0.3, 0.4) is 0 Å². The van der Waals surface area contributed by atoms with Gasteiger partial charge in [0, 0.05) is 6.04 Å². The molecule has 6 heteroatoms. The van der Waals surface area contributed by atoms with E-state index in [-0.39, 0.29) is 5.56 Å². The van der Waals surface area contributed by atoms with Crippen LogP contribution in [-0.2, 0) is 11.0 Å². The average molecular weight is 275 g/mol. The van der Waals surface area contributed by atoms with Gasteiger partial charge in [-0.1, -0.05) is 18.2 Å². The molecule has 0 fully saturated rings. The Kier molecular flexibility index (Phi) is 4.57. The average Bonchev–Trinajstić information content (AvgIpc) is 2.35. The third-order valence-corrected chi connectivity index (χ3v) is 3.30. The number of carbonyl (C=O) groups is 1. The number of halogens is 3. The van der Waals surface area contributed by atoms with E-state index in [1.54, 1.807) is 6.92 Å². The first-order valence-electron chi connectivity index (χ1n) is 5.77. The molecule has 19 heavy (non-hydrogen) atoms. The van der Waals surface area contributed by atoms with E-state index in [0.29, 0.717) is 0 Å². The van der Waals surface area contributed by atoms with Gasteiger partial charge in [-0.25, -0.2) is 0 Å². The van der Waals surface area contributed by atoms with E-state index in [2.05, 4.69) is 0 Å². The lowest BCUT2D eigenvalue weighted by molar-refractivity contribution is -0.143. The van der Waals surface area contributed by atoms with Gasteiger partial charge in [0.15, 0.2) is 0 Å². The smallest absolute Gasteiger partial charge is 0.416 e. The Bertz CT molecular complexity index is 459. The normalized spacial score (nSPS) is 15.3. The van der Waals surface area contributed by atoms with E-state index in [1.807, 2.05) is 0 Å². The summed E-state index contributed by atoms with van der Waals surface area (Å²) in [5, 5.41) is 8.91. The van der Waals surface area contributed by atoms with Crippen molar-refractivity contribution in [2.24, 2.45) is 0 Å². The third kappa shape index (κ3) is 3.47. The van der Waals surface area contributed by atoms with Crippen molar-refractivity contribution >= 4 is 5.97 Å². The summed E-state index contributed by atoms with van der Waals surface area (Å²) in [5.74, 6) is -1.07. The first kappa shape index (κ1) is 15.5. The number of aliphatic carboxylic acids is 1. The number of rotatable bonds is 4. The van der Waals surface area contributed by atoms with Crippen molar-refractivity contribution < 1.29 is 23.1 Å². The Labute approximate surface area is 109 Å². The topological polar surface area (TPSA) is 40.5 Å². The highest BCUT2D eigenvalue weighted by atomic mass is 19.4. The number of benzene rings is 1. The van der Waals surface area contributed by atoms with Crippen molar-refractivity contribution in [3.63, 3.8) is 0 Å². The van der Waals surface area contributed by atoms with Crippen molar-refractivity contribution in [2.75, 3.05) is 7.05 Å². The summed E-state index contributed by atoms with van der Waals surface area (Å²) < 4.78 is 38.7. The lowest BCUT2D eigenvalue weighted by Crippen LogP contribution is -2.38. The van der Waals surface area contributed by atoms with E-state index < -0.39 is 29.8 Å². The van der Waals surface area contributed by atoms with Crippen LogP contribution in [0.5, 0.6) is 0 Å². The molecule has 3 nitrogen and oxygen atoms in total. The van der Waals surface area contributed by atoms with E-state index >= 15 is 0 Å². The van der Waals surface area contributed by atoms with Crippen LogP contribution in [0.2, 0.25) is 0 Å². The van der Waals surface area contributed by atoms with Gasteiger partial charge in [0.25, 0.3) is 0 Å². The molecule has 0 aliphatic carbocycles. The van der Waals surface area contributed by atoms with Crippen molar-refractivity contribution in [1.29, 1.82) is 0 Å². The summed E-state index contributed by atoms with van der Waals surface area (Å²) in [6.45, 7) is 3.00. The van der Waals surface area contributed by atoms with Gasteiger partial charge < -0.3 is 5.11 Å². The second-order valence-electron chi connectivity index (χ2n) is 4.44. The maximum absolute atomic E-state index is 12.9. The summed E-state index contributed by atoms with van der Waals surface area (Å²) in [7, 11) is 1.50. The zero-order chi connectivity index (χ0) is 14.8. The van der Waals surface area contributed by atoms with Crippen molar-refractivity contribution in [3.05, 3.63) is 35.4 Å². The van der Waals surface area contributed by atoms with Gasteiger partial charge >= 0.3 is 12.1 Å². The van der Waals surface area contributed by atoms with E-state index in [9.17, 15) is 18.0 Å². The molecule has 0 aromatic heterocycles. The molecular weight excluding hydrogens is 259 g/mol. The van der Waals surface area contributed by atoms with Crippen LogP contribution in [0.4, 0.5) is 13.2 Å². The summed E-state index contributed by atoms with van der Waals surface area (Å²) >= 11 is 0. The fraction of sp³-hybridized carbons (Fsp3) is 0.462. The largest absolute Gasteiger partial charge is 0.480 e. The zero-order valence-corrected chi connectivity index (χ0v) is 10.9. The monoisotopic (exact) mass is 275 g/mol. The van der Waals surface area contributed by atoms with Crippen LogP contribution in [0.25, 0.3) is 0 Å². The maximum atomic E-state index is 12.9. The molecule has 106 valence electrons. The lowest BCUT2D eigenvalue weighted by Gasteiger charge is -2.30. The Morgan fingerprint density at radius 3 is 2.26 bits per heavy atom. The van der Waals surface area contributed by atoms with Crippen molar-refractivity contribution in [1.82, 2.24) is 4.90 Å². The Balaban J connectivity index is 3.13. The van der Waals surface area contributed by atoms with Crippen LogP contribution in [0.1, 0.15) is 31.0 Å². The van der Waals surface area contributed by atoms with Gasteiger partial charge in [0.05, 0.1) is 5.56 Å². The minimum atomic E-state index is -4.45. The van der Waals surface area contributed by atoms with Gasteiger partial charge in [0.1, 0.15) is 6.04 Å². The van der Waals surface area contributed by atoms with Gasteiger partial charge in [-0.15, -0.1) is 0 Å². The van der Waals surface area contributed by atoms with Crippen LogP contribution in [0, 0.1) is 0 Å². The number of hydrogen-bond acceptors (Lipinski definition) is 2. The number of carboxylic acids is 1. The van der Waals surface area contributed by atoms with Gasteiger partial charge in [-0.2, -0.15) is 13.2 Å². The standard InChI is InChI=1S/C13H16F3NO2/c1-8(17(3)9(2)12(18)19)10-6-4-5-7-11(10)13(14,15)16/h4-9H,1-3H3,(H,18,19). The summed E-state index contributed by atoms with van der Waals surface area (Å²) in [6.07, 6.45) is -4.45. The molecule has 0 spiro atoms. The fourth-order valence-electron chi connectivity index (χ4n) is 1.85. The summed E-state index contributed by atoms with van der Waals surface area (Å²) in [5.41, 5.74) is -0.655. The molecule has 1 aromatic carbocycles. The van der Waals surface area contributed by atoms with Crippen molar-refractivity contribution in [3.8, 4) is 0 Å². The minimum Gasteiger partial charge on any atom is -0.480 e. The molecule has 0 radical (unpaired) electrons. The highest BCUT2D eigenvalue weighted by molar-refractivity contribution is 5.72. The minimum absolute atomic E-state index is 0.0746. The van der Waals surface area contributed by atoms with Crippen LogP contribution >= 0.6 is 0 Å². The van der Waals surface area contributed by atoms with E-state index in [1.165, 1.54) is 37.1 Å². The Morgan fingerprint density at radius 1 is 1.26 bits per heavy atom. The first-order chi connectivity index (χ1) is 8.66. The molecule has 0 amide bonds. The molecule has 1 aromatic rings. The highest BCUT2D eigenvalue weighted by Crippen LogP contribution is 2.36. The predicted molar refractivity (Wildman–Crippen MR) is 64.7 cm³/mol. The molecule has 1 N–H and O–H groups in total. The molecule has 0 bridgehead atoms. The van der Waals surface area contributed by atoms with Crippen LogP contribution < -0.4 is 0 Å². The third-order valence-electron chi connectivity index (χ3n) is 3.30. The first-order valence-corrected chi connectivity index (χ1v) is 5.77. The molecule has 0 heterocycles. The van der Waals surface area contributed by atoms with Gasteiger partial charge in [0.2, 0.25) is 0 Å². The highest BCUT2D eigenvalue weighted by Gasteiger charge is 2.35. The number of carboxylic acid groups (broad SMARTS) is 1. The van der Waals surface area contributed by atoms with E-state index in [4.69, 9.17) is 5.11 Å². The van der Waals surface area contributed by atoms with E-state index in [0.717, 1.165) is 6.07 Å². The number of alkyl halides is 3. The second kappa shape index (κ2) is 5.61. The quantitative estimate of drug-likeness (QED) is 0.917. The molecule has 0 aliphatic rings.